The van der Waals surface area contributed by atoms with Gasteiger partial charge in [-0.2, -0.15) is 4.31 Å². The maximum Gasteiger partial charge on any atom is 0.246 e. The molecule has 2 saturated heterocycles. The quantitative estimate of drug-likeness (QED) is 0.603. The van der Waals surface area contributed by atoms with E-state index in [0.29, 0.717) is 23.8 Å². The number of rotatable bonds is 5. The molecule has 1 aromatic heterocycles. The minimum Gasteiger partial charge on any atom is -0.329 e. The SMILES string of the molecule is C=CC(=O)N1CCN(S(C)(=O)=O)C[C@H]1c1cc(Cl)cc(-c2ccnc(N3CCCC3=O)c2)c1. The molecule has 4 rings (SSSR count). The third-order valence-electron chi connectivity index (χ3n) is 6.00. The lowest BCUT2D eigenvalue weighted by Crippen LogP contribution is -2.51. The van der Waals surface area contributed by atoms with E-state index in [0.717, 1.165) is 29.4 Å². The van der Waals surface area contributed by atoms with Crippen molar-refractivity contribution in [3.8, 4) is 11.1 Å². The van der Waals surface area contributed by atoms with Crippen molar-refractivity contribution in [1.82, 2.24) is 14.2 Å². The van der Waals surface area contributed by atoms with Crippen LogP contribution in [0.25, 0.3) is 11.1 Å². The molecule has 0 aliphatic carbocycles. The summed E-state index contributed by atoms with van der Waals surface area (Å²) in [5.41, 5.74) is 2.33. The summed E-state index contributed by atoms with van der Waals surface area (Å²) in [6.07, 6.45) is 5.36. The highest BCUT2D eigenvalue weighted by molar-refractivity contribution is 7.88. The van der Waals surface area contributed by atoms with Crippen LogP contribution in [0.3, 0.4) is 0 Å². The molecule has 0 N–H and O–H groups in total. The lowest BCUT2D eigenvalue weighted by molar-refractivity contribution is -0.130. The van der Waals surface area contributed by atoms with E-state index in [-0.39, 0.29) is 31.4 Å². The fraction of sp³-hybridized carbons (Fsp3) is 0.348. The van der Waals surface area contributed by atoms with Crippen LogP contribution < -0.4 is 4.90 Å². The van der Waals surface area contributed by atoms with E-state index in [1.807, 2.05) is 18.2 Å². The molecule has 8 nitrogen and oxygen atoms in total. The minimum atomic E-state index is -3.42. The Balaban J connectivity index is 1.73. The molecule has 174 valence electrons. The molecule has 1 aromatic carbocycles. The summed E-state index contributed by atoms with van der Waals surface area (Å²) >= 11 is 6.46. The summed E-state index contributed by atoms with van der Waals surface area (Å²) in [7, 11) is -3.42. The number of aromatic nitrogens is 1. The summed E-state index contributed by atoms with van der Waals surface area (Å²) in [4.78, 5) is 32.3. The number of pyridine rings is 1. The van der Waals surface area contributed by atoms with Crippen LogP contribution in [0.2, 0.25) is 5.02 Å². The number of nitrogens with zero attached hydrogens (tertiary/aromatic N) is 4. The number of carbonyl (C=O) groups excluding carboxylic acids is 2. The van der Waals surface area contributed by atoms with E-state index in [1.165, 1.54) is 10.4 Å². The first-order chi connectivity index (χ1) is 15.7. The lowest BCUT2D eigenvalue weighted by Gasteiger charge is -2.40. The zero-order chi connectivity index (χ0) is 23.8. The second-order valence-electron chi connectivity index (χ2n) is 8.20. The van der Waals surface area contributed by atoms with E-state index in [9.17, 15) is 18.0 Å². The van der Waals surface area contributed by atoms with Gasteiger partial charge in [-0.25, -0.2) is 13.4 Å². The Morgan fingerprint density at radius 1 is 1.18 bits per heavy atom. The summed E-state index contributed by atoms with van der Waals surface area (Å²) in [5, 5.41) is 0.459. The number of piperazine rings is 1. The van der Waals surface area contributed by atoms with Crippen LogP contribution in [-0.2, 0) is 19.6 Å². The first kappa shape index (κ1) is 23.4. The van der Waals surface area contributed by atoms with Gasteiger partial charge in [0.1, 0.15) is 5.82 Å². The van der Waals surface area contributed by atoms with Crippen LogP contribution in [0.15, 0.2) is 49.2 Å². The summed E-state index contributed by atoms with van der Waals surface area (Å²) < 4.78 is 25.8. The molecule has 2 aliphatic rings. The molecule has 0 bridgehead atoms. The van der Waals surface area contributed by atoms with Gasteiger partial charge in [0.05, 0.1) is 12.3 Å². The average Bonchev–Trinajstić information content (AvgIpc) is 3.23. The standard InChI is InChI=1S/C23H25ClN4O4S/c1-3-22(29)27-10-9-26(33(2,31)32)15-20(27)18-11-17(12-19(24)13-18)16-6-7-25-21(14-16)28-8-4-5-23(28)30/h3,6-7,11-14,20H,1,4-5,8-10,15H2,2H3/t20-/m0/s1. The Labute approximate surface area is 198 Å². The van der Waals surface area contributed by atoms with Crippen LogP contribution >= 0.6 is 11.6 Å². The third kappa shape index (κ3) is 4.95. The number of sulfonamides is 1. The molecular weight excluding hydrogens is 464 g/mol. The van der Waals surface area contributed by atoms with Gasteiger partial charge in [0, 0.05) is 43.8 Å². The highest BCUT2D eigenvalue weighted by Gasteiger charge is 2.34. The van der Waals surface area contributed by atoms with E-state index in [2.05, 4.69) is 11.6 Å². The van der Waals surface area contributed by atoms with Gasteiger partial charge in [-0.3, -0.25) is 14.5 Å². The van der Waals surface area contributed by atoms with Crippen LogP contribution in [-0.4, -0.2) is 66.9 Å². The smallest absolute Gasteiger partial charge is 0.246 e. The Morgan fingerprint density at radius 3 is 2.64 bits per heavy atom. The van der Waals surface area contributed by atoms with Crippen LogP contribution in [0.1, 0.15) is 24.4 Å². The molecule has 0 unspecified atom stereocenters. The van der Waals surface area contributed by atoms with Crippen LogP contribution in [0.4, 0.5) is 5.82 Å². The summed E-state index contributed by atoms with van der Waals surface area (Å²) in [6, 6.07) is 8.60. The molecule has 0 spiro atoms. The first-order valence-electron chi connectivity index (χ1n) is 10.6. The van der Waals surface area contributed by atoms with Crippen molar-refractivity contribution < 1.29 is 18.0 Å². The number of hydrogen-bond donors (Lipinski definition) is 0. The molecule has 1 atom stereocenters. The monoisotopic (exact) mass is 488 g/mol. The van der Waals surface area contributed by atoms with Gasteiger partial charge in [0.15, 0.2) is 0 Å². The summed E-state index contributed by atoms with van der Waals surface area (Å²) in [5.74, 6) is 0.363. The predicted octanol–water partition coefficient (Wildman–Crippen LogP) is 2.86. The van der Waals surface area contributed by atoms with Gasteiger partial charge < -0.3 is 4.90 Å². The zero-order valence-corrected chi connectivity index (χ0v) is 19.8. The van der Waals surface area contributed by atoms with E-state index in [1.54, 1.807) is 28.1 Å². The molecule has 33 heavy (non-hydrogen) atoms. The zero-order valence-electron chi connectivity index (χ0n) is 18.3. The number of hydrogen-bond acceptors (Lipinski definition) is 5. The topological polar surface area (TPSA) is 90.9 Å². The molecule has 2 amide bonds. The molecule has 3 heterocycles. The molecular formula is C23H25ClN4O4S. The predicted molar refractivity (Wildman–Crippen MR) is 127 cm³/mol. The molecule has 10 heteroatoms. The van der Waals surface area contributed by atoms with Crippen molar-refractivity contribution in [2.24, 2.45) is 0 Å². The first-order valence-corrected chi connectivity index (χ1v) is 12.9. The van der Waals surface area contributed by atoms with E-state index < -0.39 is 16.1 Å². The minimum absolute atomic E-state index is 0.0492. The van der Waals surface area contributed by atoms with Gasteiger partial charge in [-0.1, -0.05) is 18.2 Å². The number of halogens is 1. The van der Waals surface area contributed by atoms with Gasteiger partial charge in [-0.15, -0.1) is 0 Å². The van der Waals surface area contributed by atoms with Crippen molar-refractivity contribution in [2.45, 2.75) is 18.9 Å². The Hall–Kier alpha value is -2.75. The van der Waals surface area contributed by atoms with Gasteiger partial charge in [-0.05, 0) is 59.5 Å². The molecule has 0 saturated carbocycles. The van der Waals surface area contributed by atoms with E-state index >= 15 is 0 Å². The highest BCUT2D eigenvalue weighted by Crippen LogP contribution is 2.34. The Morgan fingerprint density at radius 2 is 1.97 bits per heavy atom. The number of anilines is 1. The van der Waals surface area contributed by atoms with Crippen molar-refractivity contribution in [1.29, 1.82) is 0 Å². The second kappa shape index (κ2) is 9.24. The number of amides is 2. The maximum absolute atomic E-state index is 12.5. The molecule has 2 aliphatic heterocycles. The number of carbonyl (C=O) groups is 2. The normalized spacial score (nSPS) is 19.7. The maximum atomic E-state index is 12.5. The van der Waals surface area contributed by atoms with Crippen molar-refractivity contribution >= 4 is 39.3 Å². The van der Waals surface area contributed by atoms with Gasteiger partial charge >= 0.3 is 0 Å². The van der Waals surface area contributed by atoms with E-state index in [4.69, 9.17) is 11.6 Å². The van der Waals surface area contributed by atoms with Crippen molar-refractivity contribution in [2.75, 3.05) is 37.3 Å². The fourth-order valence-electron chi connectivity index (χ4n) is 4.33. The lowest BCUT2D eigenvalue weighted by atomic mass is 9.97. The average molecular weight is 489 g/mol. The van der Waals surface area contributed by atoms with Crippen LogP contribution in [0, 0.1) is 0 Å². The highest BCUT2D eigenvalue weighted by atomic mass is 35.5. The van der Waals surface area contributed by atoms with Crippen LogP contribution in [0.5, 0.6) is 0 Å². The largest absolute Gasteiger partial charge is 0.329 e. The molecule has 2 aromatic rings. The summed E-state index contributed by atoms with van der Waals surface area (Å²) in [6.45, 7) is 4.82. The fourth-order valence-corrected chi connectivity index (χ4v) is 5.40. The van der Waals surface area contributed by atoms with Crippen molar-refractivity contribution in [3.63, 3.8) is 0 Å². The Kier molecular flexibility index (Phi) is 6.56. The van der Waals surface area contributed by atoms with Crippen molar-refractivity contribution in [3.05, 3.63) is 59.8 Å². The number of benzene rings is 1. The van der Waals surface area contributed by atoms with Gasteiger partial charge in [0.25, 0.3) is 0 Å². The third-order valence-corrected chi connectivity index (χ3v) is 7.49. The van der Waals surface area contributed by atoms with Gasteiger partial charge in [0.2, 0.25) is 21.8 Å². The Bertz CT molecular complexity index is 1220. The molecule has 0 radical (unpaired) electrons. The second-order valence-corrected chi connectivity index (χ2v) is 10.6. The molecule has 2 fully saturated rings.